The van der Waals surface area contributed by atoms with Crippen molar-refractivity contribution in [2.75, 3.05) is 19.6 Å². The Kier molecular flexibility index (Phi) is 4.66. The molecule has 1 aromatic carbocycles. The molecule has 100 valence electrons. The van der Waals surface area contributed by atoms with Gasteiger partial charge in [0.1, 0.15) is 11.6 Å². The molecule has 1 N–H and O–H groups in total. The summed E-state index contributed by atoms with van der Waals surface area (Å²) in [5.74, 6) is -0.986. The van der Waals surface area contributed by atoms with Crippen LogP contribution in [0.2, 0.25) is 0 Å². The van der Waals surface area contributed by atoms with Crippen LogP contribution in [0.1, 0.15) is 25.3 Å². The Labute approximate surface area is 107 Å². The summed E-state index contributed by atoms with van der Waals surface area (Å²) < 4.78 is 26.3. The third-order valence-electron chi connectivity index (χ3n) is 3.44. The zero-order valence-electron chi connectivity index (χ0n) is 10.8. The number of hydrogen-bond acceptors (Lipinski definition) is 2. The maximum atomic E-state index is 13.1. The maximum absolute atomic E-state index is 13.1. The Morgan fingerprint density at radius 3 is 2.67 bits per heavy atom. The molecule has 0 bridgehead atoms. The molecular weight excluding hydrogens is 234 g/mol. The van der Waals surface area contributed by atoms with Crippen LogP contribution in [-0.2, 0) is 6.54 Å². The van der Waals surface area contributed by atoms with Gasteiger partial charge in [-0.1, -0.05) is 6.92 Å². The molecule has 0 saturated carbocycles. The van der Waals surface area contributed by atoms with Gasteiger partial charge in [0, 0.05) is 25.2 Å². The van der Waals surface area contributed by atoms with E-state index in [0.29, 0.717) is 12.6 Å². The van der Waals surface area contributed by atoms with Crippen LogP contribution in [0.25, 0.3) is 0 Å². The molecule has 18 heavy (non-hydrogen) atoms. The molecule has 0 aliphatic carbocycles. The molecule has 4 heteroatoms. The molecule has 0 spiro atoms. The van der Waals surface area contributed by atoms with Gasteiger partial charge < -0.3 is 5.32 Å². The van der Waals surface area contributed by atoms with E-state index in [-0.39, 0.29) is 0 Å². The summed E-state index contributed by atoms with van der Waals surface area (Å²) in [6.45, 7) is 5.63. The molecule has 0 aromatic heterocycles. The van der Waals surface area contributed by atoms with E-state index in [9.17, 15) is 8.78 Å². The molecule has 1 aliphatic heterocycles. The number of halogens is 2. The SMILES string of the molecule is CCNCC1CCCN1Cc1cc(F)cc(F)c1. The smallest absolute Gasteiger partial charge is 0.126 e. The van der Waals surface area contributed by atoms with E-state index < -0.39 is 11.6 Å². The minimum Gasteiger partial charge on any atom is -0.315 e. The summed E-state index contributed by atoms with van der Waals surface area (Å²) >= 11 is 0. The van der Waals surface area contributed by atoms with E-state index in [4.69, 9.17) is 0 Å². The van der Waals surface area contributed by atoms with Gasteiger partial charge in [-0.3, -0.25) is 4.90 Å². The highest BCUT2D eigenvalue weighted by atomic mass is 19.1. The number of nitrogens with zero attached hydrogens (tertiary/aromatic N) is 1. The van der Waals surface area contributed by atoms with Crippen molar-refractivity contribution in [3.05, 3.63) is 35.4 Å². The summed E-state index contributed by atoms with van der Waals surface area (Å²) in [7, 11) is 0. The van der Waals surface area contributed by atoms with E-state index >= 15 is 0 Å². The van der Waals surface area contributed by atoms with Crippen LogP contribution < -0.4 is 5.32 Å². The Morgan fingerprint density at radius 2 is 2.00 bits per heavy atom. The number of benzene rings is 1. The van der Waals surface area contributed by atoms with E-state index in [1.807, 2.05) is 0 Å². The topological polar surface area (TPSA) is 15.3 Å². The number of hydrogen-bond donors (Lipinski definition) is 1. The van der Waals surface area contributed by atoms with Crippen LogP contribution in [0.5, 0.6) is 0 Å². The van der Waals surface area contributed by atoms with Crippen molar-refractivity contribution in [1.82, 2.24) is 10.2 Å². The van der Waals surface area contributed by atoms with Crippen molar-refractivity contribution >= 4 is 0 Å². The summed E-state index contributed by atoms with van der Waals surface area (Å²) in [6, 6.07) is 4.25. The molecule has 2 nitrogen and oxygen atoms in total. The molecule has 1 aromatic rings. The molecule has 1 atom stereocenters. The van der Waals surface area contributed by atoms with E-state index in [2.05, 4.69) is 17.1 Å². The predicted molar refractivity (Wildman–Crippen MR) is 68.3 cm³/mol. The quantitative estimate of drug-likeness (QED) is 0.868. The van der Waals surface area contributed by atoms with E-state index in [1.54, 1.807) is 0 Å². The van der Waals surface area contributed by atoms with Gasteiger partial charge in [-0.2, -0.15) is 0 Å². The second-order valence-corrected chi connectivity index (χ2v) is 4.85. The molecular formula is C14H20F2N2. The third kappa shape index (κ3) is 3.50. The highest BCUT2D eigenvalue weighted by Crippen LogP contribution is 2.20. The molecule has 0 amide bonds. The van der Waals surface area contributed by atoms with Crippen molar-refractivity contribution in [2.45, 2.75) is 32.4 Å². The maximum Gasteiger partial charge on any atom is 0.126 e. The van der Waals surface area contributed by atoms with Gasteiger partial charge in [0.15, 0.2) is 0 Å². The fourth-order valence-corrected chi connectivity index (χ4v) is 2.58. The lowest BCUT2D eigenvalue weighted by atomic mass is 10.1. The first kappa shape index (κ1) is 13.4. The van der Waals surface area contributed by atoms with E-state index in [1.165, 1.54) is 12.1 Å². The highest BCUT2D eigenvalue weighted by molar-refractivity contribution is 5.18. The van der Waals surface area contributed by atoms with Gasteiger partial charge in [-0.15, -0.1) is 0 Å². The Bertz CT molecular complexity index is 375. The summed E-state index contributed by atoms with van der Waals surface area (Å²) in [6.07, 6.45) is 2.32. The van der Waals surface area contributed by atoms with Gasteiger partial charge >= 0.3 is 0 Å². The van der Waals surface area contributed by atoms with Crippen molar-refractivity contribution < 1.29 is 8.78 Å². The van der Waals surface area contributed by atoms with Crippen LogP contribution >= 0.6 is 0 Å². The highest BCUT2D eigenvalue weighted by Gasteiger charge is 2.24. The monoisotopic (exact) mass is 254 g/mol. The average Bonchev–Trinajstić information content (AvgIpc) is 2.72. The second-order valence-electron chi connectivity index (χ2n) is 4.85. The van der Waals surface area contributed by atoms with Gasteiger partial charge in [0.05, 0.1) is 0 Å². The van der Waals surface area contributed by atoms with Crippen LogP contribution in [0.15, 0.2) is 18.2 Å². The molecule has 1 unspecified atom stereocenters. The van der Waals surface area contributed by atoms with Gasteiger partial charge in [-0.05, 0) is 43.6 Å². The summed E-state index contributed by atoms with van der Waals surface area (Å²) in [5, 5.41) is 3.34. The van der Waals surface area contributed by atoms with Gasteiger partial charge in [-0.25, -0.2) is 8.78 Å². The number of likely N-dealkylation sites (tertiary alicyclic amines) is 1. The zero-order chi connectivity index (χ0) is 13.0. The molecule has 1 saturated heterocycles. The number of nitrogens with one attached hydrogen (secondary N) is 1. The average molecular weight is 254 g/mol. The molecule has 1 heterocycles. The normalized spacial score (nSPS) is 20.5. The van der Waals surface area contributed by atoms with Crippen LogP contribution in [0.3, 0.4) is 0 Å². The summed E-state index contributed by atoms with van der Waals surface area (Å²) in [5.41, 5.74) is 0.718. The van der Waals surface area contributed by atoms with Crippen molar-refractivity contribution in [3.63, 3.8) is 0 Å². The Hall–Kier alpha value is -1.00. The van der Waals surface area contributed by atoms with E-state index in [0.717, 1.165) is 44.1 Å². The third-order valence-corrected chi connectivity index (χ3v) is 3.44. The Morgan fingerprint density at radius 1 is 1.28 bits per heavy atom. The fourth-order valence-electron chi connectivity index (χ4n) is 2.58. The van der Waals surface area contributed by atoms with Crippen molar-refractivity contribution in [3.8, 4) is 0 Å². The fraction of sp³-hybridized carbons (Fsp3) is 0.571. The lowest BCUT2D eigenvalue weighted by Gasteiger charge is -2.24. The first-order chi connectivity index (χ1) is 8.69. The minimum atomic E-state index is -0.493. The molecule has 1 fully saturated rings. The number of rotatable bonds is 5. The van der Waals surface area contributed by atoms with Crippen LogP contribution in [-0.4, -0.2) is 30.6 Å². The van der Waals surface area contributed by atoms with Crippen molar-refractivity contribution in [2.24, 2.45) is 0 Å². The summed E-state index contributed by atoms with van der Waals surface area (Å²) in [4.78, 5) is 2.30. The van der Waals surface area contributed by atoms with Gasteiger partial charge in [0.2, 0.25) is 0 Å². The zero-order valence-corrected chi connectivity index (χ0v) is 10.8. The van der Waals surface area contributed by atoms with Crippen LogP contribution in [0, 0.1) is 11.6 Å². The Balaban J connectivity index is 1.98. The molecule has 2 rings (SSSR count). The van der Waals surface area contributed by atoms with Crippen LogP contribution in [0.4, 0.5) is 8.78 Å². The number of likely N-dealkylation sites (N-methyl/N-ethyl adjacent to an activating group) is 1. The molecule has 0 radical (unpaired) electrons. The predicted octanol–water partition coefficient (Wildman–Crippen LogP) is 2.54. The second kappa shape index (κ2) is 6.25. The standard InChI is InChI=1S/C14H20F2N2/c1-2-17-9-14-4-3-5-18(14)10-11-6-12(15)8-13(16)7-11/h6-8,14,17H,2-5,9-10H2,1H3. The lowest BCUT2D eigenvalue weighted by Crippen LogP contribution is -2.37. The van der Waals surface area contributed by atoms with Crippen molar-refractivity contribution in [1.29, 1.82) is 0 Å². The first-order valence-electron chi connectivity index (χ1n) is 6.58. The molecule has 1 aliphatic rings. The first-order valence-corrected chi connectivity index (χ1v) is 6.58. The largest absolute Gasteiger partial charge is 0.315 e. The van der Waals surface area contributed by atoms with Gasteiger partial charge in [0.25, 0.3) is 0 Å². The minimum absolute atomic E-state index is 0.483. The lowest BCUT2D eigenvalue weighted by molar-refractivity contribution is 0.239.